The average molecular weight is 759 g/mol. The van der Waals surface area contributed by atoms with Gasteiger partial charge in [0.2, 0.25) is 11.8 Å². The van der Waals surface area contributed by atoms with E-state index in [0.29, 0.717) is 41.5 Å². The maximum Gasteiger partial charge on any atom is 0.296 e. The summed E-state index contributed by atoms with van der Waals surface area (Å²) in [5.41, 5.74) is 2.35. The van der Waals surface area contributed by atoms with E-state index in [0.717, 1.165) is 50.0 Å². The highest BCUT2D eigenvalue weighted by atomic mass is 32.2. The van der Waals surface area contributed by atoms with Gasteiger partial charge >= 0.3 is 0 Å². The summed E-state index contributed by atoms with van der Waals surface area (Å²) < 4.78 is 60.4. The van der Waals surface area contributed by atoms with E-state index in [1.54, 1.807) is 66.7 Å². The molecule has 2 N–H and O–H groups in total. The first-order valence-corrected chi connectivity index (χ1v) is 19.4. The van der Waals surface area contributed by atoms with Crippen LogP contribution in [0.5, 0.6) is 11.5 Å². The van der Waals surface area contributed by atoms with Crippen LogP contribution in [0.1, 0.15) is 50.1 Å². The molecule has 6 rings (SSSR count). The zero-order valence-corrected chi connectivity index (χ0v) is 30.6. The van der Waals surface area contributed by atoms with Crippen LogP contribution in [0.2, 0.25) is 0 Å². The van der Waals surface area contributed by atoms with Crippen molar-refractivity contribution < 1.29 is 40.6 Å². The number of hydrogen-bond donors (Lipinski definition) is 2. The molecule has 0 aliphatic carbocycles. The number of anilines is 2. The maximum atomic E-state index is 13.5. The van der Waals surface area contributed by atoms with Crippen molar-refractivity contribution in [3.8, 4) is 11.5 Å². The summed E-state index contributed by atoms with van der Waals surface area (Å²) in [5, 5.41) is 10.8. The molecule has 0 radical (unpaired) electrons. The second-order valence-electron chi connectivity index (χ2n) is 12.9. The van der Waals surface area contributed by atoms with Crippen LogP contribution in [0.15, 0.2) is 106 Å². The lowest BCUT2D eigenvalue weighted by atomic mass is 9.91. The molecule has 0 spiro atoms. The van der Waals surface area contributed by atoms with Gasteiger partial charge in [-0.1, -0.05) is 47.6 Å². The molecule has 2 amide bonds. The topological polar surface area (TPSA) is 149 Å². The fraction of sp³-hybridized carbons (Fsp3) is 0.325. The molecule has 2 heterocycles. The Labute approximate surface area is 313 Å². The second kappa shape index (κ2) is 18.6. The van der Waals surface area contributed by atoms with Crippen molar-refractivity contribution in [1.29, 1.82) is 0 Å². The molecule has 0 saturated carbocycles. The van der Waals surface area contributed by atoms with Crippen LogP contribution >= 0.6 is 0 Å². The Hall–Kier alpha value is -5.31. The fourth-order valence-corrected chi connectivity index (χ4v) is 7.20. The van der Waals surface area contributed by atoms with Gasteiger partial charge in [-0.3, -0.25) is 13.8 Å². The van der Waals surface area contributed by atoms with Gasteiger partial charge in [0, 0.05) is 43.2 Å². The molecule has 0 atom stereocenters. The van der Waals surface area contributed by atoms with Gasteiger partial charge in [-0.2, -0.15) is 8.42 Å². The fourth-order valence-electron chi connectivity index (χ4n) is 6.23. The molecule has 12 nitrogen and oxygen atoms in total. The number of rotatable bonds is 18. The Balaban J connectivity index is 0.879. The Morgan fingerprint density at radius 2 is 1.37 bits per heavy atom. The number of aromatic nitrogens is 1. The van der Waals surface area contributed by atoms with Crippen LogP contribution in [0.4, 0.5) is 15.8 Å². The first kappa shape index (κ1) is 38.4. The molecule has 1 fully saturated rings. The number of likely N-dealkylation sites (tertiary alicyclic amines) is 1. The Morgan fingerprint density at radius 1 is 0.778 bits per heavy atom. The van der Waals surface area contributed by atoms with Crippen molar-refractivity contribution in [2.45, 2.75) is 49.3 Å². The van der Waals surface area contributed by atoms with Crippen molar-refractivity contribution in [3.63, 3.8) is 0 Å². The molecular weight excluding hydrogens is 716 g/mol. The summed E-state index contributed by atoms with van der Waals surface area (Å²) in [6, 6.07) is 26.5. The van der Waals surface area contributed by atoms with Gasteiger partial charge in [0.05, 0.1) is 41.8 Å². The highest BCUT2D eigenvalue weighted by Gasteiger charge is 2.25. The summed E-state index contributed by atoms with van der Waals surface area (Å²) in [4.78, 5) is 28.1. The van der Waals surface area contributed by atoms with E-state index in [9.17, 15) is 22.4 Å². The molecular formula is C40H43FN4O8S. The minimum absolute atomic E-state index is 0.0482. The SMILES string of the molecule is O=C(CCC(=O)Nc1ccccc1OCCCN1CCC(c2noc3cc(F)ccc23)CC1)Nc1ccccc1OCCCOS(=O)(=O)c1ccccc1. The third-order valence-corrected chi connectivity index (χ3v) is 10.4. The summed E-state index contributed by atoms with van der Waals surface area (Å²) >= 11 is 0. The van der Waals surface area contributed by atoms with Crippen LogP contribution in [-0.4, -0.2) is 69.7 Å². The summed E-state index contributed by atoms with van der Waals surface area (Å²) in [5.74, 6) is 0.209. The van der Waals surface area contributed by atoms with E-state index in [4.69, 9.17) is 18.2 Å². The number of ether oxygens (including phenoxy) is 2. The zero-order chi connectivity index (χ0) is 37.8. The Kier molecular flexibility index (Phi) is 13.3. The number of amides is 2. The maximum absolute atomic E-state index is 13.5. The van der Waals surface area contributed by atoms with E-state index < -0.39 is 10.1 Å². The summed E-state index contributed by atoms with van der Waals surface area (Å²) in [7, 11) is -3.85. The highest BCUT2D eigenvalue weighted by Crippen LogP contribution is 2.33. The monoisotopic (exact) mass is 758 g/mol. The number of benzene rings is 4. The van der Waals surface area contributed by atoms with E-state index in [-0.39, 0.29) is 54.5 Å². The van der Waals surface area contributed by atoms with E-state index in [1.807, 2.05) is 6.07 Å². The van der Waals surface area contributed by atoms with Crippen molar-refractivity contribution in [2.75, 3.05) is 50.1 Å². The van der Waals surface area contributed by atoms with Gasteiger partial charge in [0.25, 0.3) is 10.1 Å². The molecule has 1 aliphatic heterocycles. The number of halogens is 1. The standard InChI is InChI=1S/C40H43FN4O8S/c41-30-16-17-32-37(28-30)53-44-40(32)29-20-23-45(24-21-29)22-8-25-50-35-14-6-4-12-33(35)42-38(46)18-19-39(47)43-34-13-5-7-15-36(34)51-26-9-27-52-54(48,49)31-10-2-1-3-11-31/h1-7,10-17,28-29H,8-9,18-27H2,(H,42,46)(H,43,47). The summed E-state index contributed by atoms with van der Waals surface area (Å²) in [6.45, 7) is 3.26. The number of nitrogens with zero attached hydrogens (tertiary/aromatic N) is 2. The van der Waals surface area contributed by atoms with Crippen molar-refractivity contribution in [1.82, 2.24) is 10.1 Å². The van der Waals surface area contributed by atoms with E-state index in [2.05, 4.69) is 20.7 Å². The molecule has 0 unspecified atom stereocenters. The van der Waals surface area contributed by atoms with Gasteiger partial charge in [0.1, 0.15) is 17.3 Å². The van der Waals surface area contributed by atoms with Gasteiger partial charge < -0.3 is 29.5 Å². The molecule has 1 saturated heterocycles. The molecule has 54 heavy (non-hydrogen) atoms. The lowest BCUT2D eigenvalue weighted by molar-refractivity contribution is -0.121. The number of carbonyl (C=O) groups is 2. The first-order valence-electron chi connectivity index (χ1n) is 18.0. The van der Waals surface area contributed by atoms with E-state index in [1.165, 1.54) is 24.3 Å². The van der Waals surface area contributed by atoms with Crippen molar-refractivity contribution >= 4 is 44.3 Å². The van der Waals surface area contributed by atoms with Crippen LogP contribution < -0.4 is 20.1 Å². The predicted molar refractivity (Wildman–Crippen MR) is 202 cm³/mol. The van der Waals surface area contributed by atoms with Gasteiger partial charge in [-0.05, 0) is 80.9 Å². The van der Waals surface area contributed by atoms with E-state index >= 15 is 0 Å². The molecule has 5 aromatic rings. The number of piperidine rings is 1. The molecule has 1 aliphatic rings. The van der Waals surface area contributed by atoms with Crippen molar-refractivity contribution in [3.05, 3.63) is 109 Å². The lowest BCUT2D eigenvalue weighted by Crippen LogP contribution is -2.34. The number of nitrogens with one attached hydrogen (secondary N) is 2. The van der Waals surface area contributed by atoms with Gasteiger partial charge in [0.15, 0.2) is 5.58 Å². The normalized spacial score (nSPS) is 13.8. The average Bonchev–Trinajstić information content (AvgIpc) is 3.60. The quantitative estimate of drug-likeness (QED) is 0.0697. The molecule has 4 aromatic carbocycles. The first-order chi connectivity index (χ1) is 26.2. The Bertz CT molecular complexity index is 2120. The highest BCUT2D eigenvalue weighted by molar-refractivity contribution is 7.86. The smallest absolute Gasteiger partial charge is 0.296 e. The van der Waals surface area contributed by atoms with Crippen LogP contribution in [-0.2, 0) is 23.9 Å². The summed E-state index contributed by atoms with van der Waals surface area (Å²) in [6.07, 6.45) is 2.87. The van der Waals surface area contributed by atoms with Gasteiger partial charge in [-0.15, -0.1) is 0 Å². The second-order valence-corrected chi connectivity index (χ2v) is 14.5. The third kappa shape index (κ3) is 10.6. The zero-order valence-electron chi connectivity index (χ0n) is 29.7. The lowest BCUT2D eigenvalue weighted by Gasteiger charge is -2.31. The minimum Gasteiger partial charge on any atom is -0.491 e. The number of para-hydroxylation sites is 4. The molecule has 1 aromatic heterocycles. The van der Waals surface area contributed by atoms with Crippen LogP contribution in [0.25, 0.3) is 11.0 Å². The van der Waals surface area contributed by atoms with Crippen molar-refractivity contribution in [2.24, 2.45) is 0 Å². The molecule has 0 bridgehead atoms. The Morgan fingerprint density at radius 3 is 2.02 bits per heavy atom. The largest absolute Gasteiger partial charge is 0.491 e. The van der Waals surface area contributed by atoms with Crippen LogP contribution in [0.3, 0.4) is 0 Å². The number of hydrogen-bond acceptors (Lipinski definition) is 10. The predicted octanol–water partition coefficient (Wildman–Crippen LogP) is 7.15. The number of fused-ring (bicyclic) bond motifs is 1. The third-order valence-electron chi connectivity index (χ3n) is 9.03. The minimum atomic E-state index is -3.85. The van der Waals surface area contributed by atoms with Gasteiger partial charge in [-0.25, -0.2) is 4.39 Å². The molecule has 14 heteroatoms. The molecule has 284 valence electrons. The van der Waals surface area contributed by atoms with Crippen LogP contribution in [0, 0.1) is 5.82 Å². The number of carbonyl (C=O) groups excluding carboxylic acids is 2.